The lowest BCUT2D eigenvalue weighted by molar-refractivity contribution is -0.136. The maximum Gasteiger partial charge on any atom is 0.329 e. The van der Waals surface area contributed by atoms with Gasteiger partial charge in [0, 0.05) is 17.5 Å². The van der Waals surface area contributed by atoms with Crippen molar-refractivity contribution in [1.82, 2.24) is 5.43 Å². The van der Waals surface area contributed by atoms with E-state index >= 15 is 0 Å². The van der Waals surface area contributed by atoms with Crippen LogP contribution in [0.4, 0.5) is 11.4 Å². The van der Waals surface area contributed by atoms with Crippen molar-refractivity contribution >= 4 is 58.0 Å². The molecule has 0 aliphatic heterocycles. The molecule has 0 spiro atoms. The summed E-state index contributed by atoms with van der Waals surface area (Å²) < 4.78 is 10.2. The van der Waals surface area contributed by atoms with Gasteiger partial charge in [0.2, 0.25) is 5.91 Å². The second kappa shape index (κ2) is 11.2. The van der Waals surface area contributed by atoms with Crippen molar-refractivity contribution < 1.29 is 23.9 Å². The lowest BCUT2D eigenvalue weighted by Gasteiger charge is -2.11. The molecule has 0 aliphatic rings. The van der Waals surface area contributed by atoms with Crippen molar-refractivity contribution in [2.24, 2.45) is 5.10 Å². The van der Waals surface area contributed by atoms with E-state index in [1.807, 2.05) is 0 Å². The molecule has 9 nitrogen and oxygen atoms in total. The lowest BCUT2D eigenvalue weighted by atomic mass is 10.2. The summed E-state index contributed by atoms with van der Waals surface area (Å²) in [5, 5.41) is 9.48. The van der Waals surface area contributed by atoms with Gasteiger partial charge in [-0.05, 0) is 37.3 Å². The number of nitrogens with zero attached hydrogens (tertiary/aromatic N) is 1. The maximum atomic E-state index is 12.1. The first kappa shape index (κ1) is 24.0. The SMILES string of the molecule is COc1ccc(NC(=O)C(=O)NN=C(C)CC(=O)Nc2ccc(Cl)c(Cl)c2)c(OC)c1. The highest BCUT2D eigenvalue weighted by Gasteiger charge is 2.16. The Balaban J connectivity index is 1.90. The van der Waals surface area contributed by atoms with E-state index in [9.17, 15) is 14.4 Å². The van der Waals surface area contributed by atoms with Crippen molar-refractivity contribution in [3.8, 4) is 11.5 Å². The molecule has 31 heavy (non-hydrogen) atoms. The van der Waals surface area contributed by atoms with Gasteiger partial charge in [0.25, 0.3) is 0 Å². The summed E-state index contributed by atoms with van der Waals surface area (Å²) in [5.41, 5.74) is 3.12. The Morgan fingerprint density at radius 3 is 2.32 bits per heavy atom. The van der Waals surface area contributed by atoms with Gasteiger partial charge >= 0.3 is 11.8 Å². The van der Waals surface area contributed by atoms with Gasteiger partial charge in [-0.2, -0.15) is 5.10 Å². The molecule has 11 heteroatoms. The van der Waals surface area contributed by atoms with Gasteiger partial charge in [0.15, 0.2) is 0 Å². The molecule has 0 bridgehead atoms. The number of methoxy groups -OCH3 is 2. The van der Waals surface area contributed by atoms with Gasteiger partial charge in [0.05, 0.1) is 36.4 Å². The summed E-state index contributed by atoms with van der Waals surface area (Å²) in [6.45, 7) is 1.53. The Hall–Kier alpha value is -3.30. The Bertz CT molecular complexity index is 1030. The molecule has 0 heterocycles. The van der Waals surface area contributed by atoms with E-state index in [0.29, 0.717) is 27.2 Å². The molecular formula is C20H20Cl2N4O5. The molecular weight excluding hydrogens is 447 g/mol. The summed E-state index contributed by atoms with van der Waals surface area (Å²) >= 11 is 11.7. The topological polar surface area (TPSA) is 118 Å². The lowest BCUT2D eigenvalue weighted by Crippen LogP contribution is -2.33. The van der Waals surface area contributed by atoms with Crippen LogP contribution in [0.5, 0.6) is 11.5 Å². The van der Waals surface area contributed by atoms with Crippen molar-refractivity contribution in [1.29, 1.82) is 0 Å². The zero-order valence-corrected chi connectivity index (χ0v) is 18.4. The number of amides is 3. The normalized spacial score (nSPS) is 10.8. The monoisotopic (exact) mass is 466 g/mol. The predicted octanol–water partition coefficient (Wildman–Crippen LogP) is 3.47. The second-order valence-electron chi connectivity index (χ2n) is 6.16. The van der Waals surface area contributed by atoms with Crippen LogP contribution in [0.25, 0.3) is 0 Å². The minimum absolute atomic E-state index is 0.117. The summed E-state index contributed by atoms with van der Waals surface area (Å²) in [5.74, 6) is -1.51. The molecule has 0 saturated carbocycles. The zero-order chi connectivity index (χ0) is 23.0. The molecule has 0 atom stereocenters. The highest BCUT2D eigenvalue weighted by Crippen LogP contribution is 2.29. The third-order valence-electron chi connectivity index (χ3n) is 3.83. The second-order valence-corrected chi connectivity index (χ2v) is 6.98. The molecule has 3 amide bonds. The zero-order valence-electron chi connectivity index (χ0n) is 16.9. The van der Waals surface area contributed by atoms with E-state index in [1.54, 1.807) is 24.3 Å². The Morgan fingerprint density at radius 1 is 0.935 bits per heavy atom. The molecule has 0 unspecified atom stereocenters. The average Bonchev–Trinajstić information content (AvgIpc) is 2.74. The van der Waals surface area contributed by atoms with Crippen molar-refractivity contribution in [2.75, 3.05) is 24.9 Å². The van der Waals surface area contributed by atoms with Crippen LogP contribution in [-0.2, 0) is 14.4 Å². The minimum atomic E-state index is -1.01. The summed E-state index contributed by atoms with van der Waals surface area (Å²) in [6, 6.07) is 9.35. The van der Waals surface area contributed by atoms with E-state index in [2.05, 4.69) is 21.2 Å². The Morgan fingerprint density at radius 2 is 1.68 bits per heavy atom. The van der Waals surface area contributed by atoms with Crippen LogP contribution in [0.2, 0.25) is 10.0 Å². The van der Waals surface area contributed by atoms with Crippen molar-refractivity contribution in [3.63, 3.8) is 0 Å². The van der Waals surface area contributed by atoms with Gasteiger partial charge in [0.1, 0.15) is 11.5 Å². The third kappa shape index (κ3) is 7.16. The van der Waals surface area contributed by atoms with Crippen LogP contribution in [0.3, 0.4) is 0 Å². The number of halogens is 2. The molecule has 2 aromatic rings. The maximum absolute atomic E-state index is 12.1. The Labute approximate surface area is 188 Å². The van der Waals surface area contributed by atoms with Crippen LogP contribution in [0.1, 0.15) is 13.3 Å². The third-order valence-corrected chi connectivity index (χ3v) is 4.57. The number of carbonyl (C=O) groups is 3. The molecule has 0 aliphatic carbocycles. The number of benzene rings is 2. The molecule has 0 saturated heterocycles. The molecule has 0 fully saturated rings. The van der Waals surface area contributed by atoms with Crippen LogP contribution in [-0.4, -0.2) is 37.7 Å². The quantitative estimate of drug-likeness (QED) is 0.328. The minimum Gasteiger partial charge on any atom is -0.497 e. The van der Waals surface area contributed by atoms with E-state index < -0.39 is 11.8 Å². The molecule has 2 aromatic carbocycles. The average molecular weight is 467 g/mol. The number of hydrogen-bond acceptors (Lipinski definition) is 6. The first-order valence-electron chi connectivity index (χ1n) is 8.85. The first-order valence-corrected chi connectivity index (χ1v) is 9.60. The molecule has 164 valence electrons. The molecule has 3 N–H and O–H groups in total. The number of hydrazone groups is 1. The standard InChI is InChI=1S/C20H20Cl2N4O5/c1-11(8-18(27)23-12-4-6-14(21)15(22)9-12)25-26-20(29)19(28)24-16-7-5-13(30-2)10-17(16)31-3/h4-7,9-10H,8H2,1-3H3,(H,23,27)(H,24,28)(H,26,29). The van der Waals surface area contributed by atoms with E-state index in [0.717, 1.165) is 0 Å². The number of ether oxygens (including phenoxy) is 2. The smallest absolute Gasteiger partial charge is 0.329 e. The molecule has 2 rings (SSSR count). The van der Waals surface area contributed by atoms with Crippen LogP contribution in [0.15, 0.2) is 41.5 Å². The van der Waals surface area contributed by atoms with Gasteiger partial charge in [-0.15, -0.1) is 0 Å². The van der Waals surface area contributed by atoms with Crippen molar-refractivity contribution in [3.05, 3.63) is 46.4 Å². The highest BCUT2D eigenvalue weighted by atomic mass is 35.5. The number of rotatable bonds is 7. The predicted molar refractivity (Wildman–Crippen MR) is 119 cm³/mol. The van der Waals surface area contributed by atoms with E-state index in [-0.39, 0.29) is 23.7 Å². The number of carbonyl (C=O) groups excluding carboxylic acids is 3. The largest absolute Gasteiger partial charge is 0.497 e. The van der Waals surface area contributed by atoms with Gasteiger partial charge in [-0.1, -0.05) is 23.2 Å². The van der Waals surface area contributed by atoms with Crippen LogP contribution >= 0.6 is 23.2 Å². The van der Waals surface area contributed by atoms with Crippen LogP contribution < -0.4 is 25.5 Å². The summed E-state index contributed by atoms with van der Waals surface area (Å²) in [4.78, 5) is 36.2. The number of anilines is 2. The number of hydrogen-bond donors (Lipinski definition) is 3. The van der Waals surface area contributed by atoms with Gasteiger partial charge in [-0.25, -0.2) is 5.43 Å². The van der Waals surface area contributed by atoms with E-state index in [4.69, 9.17) is 32.7 Å². The van der Waals surface area contributed by atoms with Crippen LogP contribution in [0, 0.1) is 0 Å². The molecule has 0 radical (unpaired) electrons. The summed E-state index contributed by atoms with van der Waals surface area (Å²) in [7, 11) is 2.91. The van der Waals surface area contributed by atoms with E-state index in [1.165, 1.54) is 33.3 Å². The fourth-order valence-electron chi connectivity index (χ4n) is 2.33. The fourth-order valence-corrected chi connectivity index (χ4v) is 2.63. The summed E-state index contributed by atoms with van der Waals surface area (Å²) in [6.07, 6.45) is -0.117. The molecule has 0 aromatic heterocycles. The van der Waals surface area contributed by atoms with Crippen molar-refractivity contribution in [2.45, 2.75) is 13.3 Å². The van der Waals surface area contributed by atoms with Gasteiger partial charge in [-0.3, -0.25) is 14.4 Å². The fraction of sp³-hybridized carbons (Fsp3) is 0.200. The first-order chi connectivity index (χ1) is 14.7. The highest BCUT2D eigenvalue weighted by molar-refractivity contribution is 6.42. The van der Waals surface area contributed by atoms with Gasteiger partial charge < -0.3 is 20.1 Å². The number of nitrogens with one attached hydrogen (secondary N) is 3. The Kier molecular flexibility index (Phi) is 8.65.